The number of rotatable bonds is 2. The number of anilines is 1. The number of aliphatic hydroxyl groups excluding tert-OH is 1. The van der Waals surface area contributed by atoms with Crippen molar-refractivity contribution < 1.29 is 27.2 Å². The molecular formula is C11H12FN3O5. The summed E-state index contributed by atoms with van der Waals surface area (Å²) in [6.07, 6.45) is -0.295. The third-order valence-electron chi connectivity index (χ3n) is 2.93. The maximum atomic E-state index is 13.5. The zero-order valence-electron chi connectivity index (χ0n) is 11.9. The highest BCUT2D eigenvalue weighted by atomic mass is 19.1. The van der Waals surface area contributed by atoms with E-state index in [1.807, 2.05) is 0 Å². The first-order valence-corrected chi connectivity index (χ1v) is 5.32. The molecule has 2 heterocycles. The van der Waals surface area contributed by atoms with Crippen molar-refractivity contribution in [2.75, 3.05) is 12.3 Å². The molecule has 1 saturated heterocycles. The van der Waals surface area contributed by atoms with Crippen LogP contribution < -0.4 is 11.4 Å². The molecule has 20 heavy (non-hydrogen) atoms. The van der Waals surface area contributed by atoms with Gasteiger partial charge in [0.25, 0.3) is 0 Å². The van der Waals surface area contributed by atoms with E-state index in [-0.39, 0.29) is 0 Å². The highest BCUT2D eigenvalue weighted by molar-refractivity contribution is 5.27. The Bertz CT molecular complexity index is 700. The number of hydrogen-bond donors (Lipinski definition) is 4. The van der Waals surface area contributed by atoms with Crippen LogP contribution in [0.25, 0.3) is 0 Å². The summed E-state index contributed by atoms with van der Waals surface area (Å²) in [5, 5.41) is 29.5. The molecule has 0 aliphatic carbocycles. The summed E-state index contributed by atoms with van der Waals surface area (Å²) in [6, 6.07) is 0. The Labute approximate surface area is 115 Å². The van der Waals surface area contributed by atoms with Crippen LogP contribution in [0.1, 0.15) is 8.97 Å². The third kappa shape index (κ3) is 1.95. The van der Waals surface area contributed by atoms with Gasteiger partial charge in [0.2, 0.25) is 0 Å². The molecule has 0 spiro atoms. The fourth-order valence-electron chi connectivity index (χ4n) is 1.85. The first kappa shape index (κ1) is 11.8. The molecule has 1 fully saturated rings. The molecule has 5 N–H and O–H groups in total. The minimum absolute atomic E-state index is 0.417. The van der Waals surface area contributed by atoms with Gasteiger partial charge in [-0.3, -0.25) is 4.57 Å². The number of terminal acetylenes is 1. The minimum atomic E-state index is -3.08. The molecule has 0 radical (unpaired) electrons. The molecule has 9 heteroatoms. The second-order valence-corrected chi connectivity index (χ2v) is 4.12. The van der Waals surface area contributed by atoms with E-state index < -0.39 is 47.9 Å². The molecule has 108 valence electrons. The van der Waals surface area contributed by atoms with Gasteiger partial charge >= 0.3 is 5.69 Å². The first-order valence-electron chi connectivity index (χ1n) is 6.32. The maximum Gasteiger partial charge on any atom is 0.351 e. The van der Waals surface area contributed by atoms with Crippen LogP contribution in [0.2, 0.25) is 0 Å². The number of halogens is 1. The molecule has 1 aromatic rings. The molecule has 0 bridgehead atoms. The van der Waals surface area contributed by atoms with Gasteiger partial charge in [-0.2, -0.15) is 4.98 Å². The molecule has 1 aliphatic heterocycles. The molecule has 4 atom stereocenters. The molecule has 0 saturated carbocycles. The van der Waals surface area contributed by atoms with Gasteiger partial charge in [0.15, 0.2) is 23.5 Å². The molecule has 2 rings (SSSR count). The lowest BCUT2D eigenvalue weighted by molar-refractivity contribution is -0.0767. The Hall–Kier alpha value is -1.99. The topological polar surface area (TPSA) is 131 Å². The van der Waals surface area contributed by atoms with Gasteiger partial charge in [-0.1, -0.05) is 5.92 Å². The quantitative estimate of drug-likeness (QED) is 0.445. The SMILES string of the molecule is [2H]C([2H])(O)[C@H]1O[C@@H](n2cc(F)c(N)nc2=O)C(O)(C#C)[C@H]1O. The van der Waals surface area contributed by atoms with E-state index in [1.54, 1.807) is 5.92 Å². The average Bonchev–Trinajstić information content (AvgIpc) is 2.67. The fraction of sp³-hybridized carbons (Fsp3) is 0.455. The maximum absolute atomic E-state index is 13.5. The summed E-state index contributed by atoms with van der Waals surface area (Å²) in [7, 11) is 0. The van der Waals surface area contributed by atoms with Crippen LogP contribution in [0.3, 0.4) is 0 Å². The summed E-state index contributed by atoms with van der Waals surface area (Å²) in [4.78, 5) is 14.9. The van der Waals surface area contributed by atoms with Gasteiger partial charge in [-0.05, 0) is 0 Å². The van der Waals surface area contributed by atoms with Gasteiger partial charge in [0.05, 0.1) is 15.5 Å². The van der Waals surface area contributed by atoms with Gasteiger partial charge in [0.1, 0.15) is 12.2 Å². The number of nitrogens with zero attached hydrogens (tertiary/aromatic N) is 2. The Kier molecular flexibility index (Phi) is 2.86. The summed E-state index contributed by atoms with van der Waals surface area (Å²) >= 11 is 0. The molecular weight excluding hydrogens is 273 g/mol. The zero-order chi connectivity index (χ0) is 16.9. The standard InChI is InChI=1S/C11H12FN3O5/c1-2-11(19)7(17)6(4-16)20-9(11)15-3-5(12)8(13)14-10(15)18/h1,3,6-7,9,16-17,19H,4H2,(H2,13,14,18)/t6-,7+,9-,11?/m1/s1/i4D2. The summed E-state index contributed by atoms with van der Waals surface area (Å²) in [6.45, 7) is -3.08. The molecule has 0 amide bonds. The van der Waals surface area contributed by atoms with Gasteiger partial charge in [-0.15, -0.1) is 6.42 Å². The van der Waals surface area contributed by atoms with Crippen molar-refractivity contribution in [2.45, 2.75) is 24.0 Å². The van der Waals surface area contributed by atoms with E-state index in [4.69, 9.17) is 19.6 Å². The number of ether oxygens (including phenoxy) is 1. The highest BCUT2D eigenvalue weighted by Crippen LogP contribution is 2.37. The predicted octanol–water partition coefficient (Wildman–Crippen LogP) is -2.42. The molecule has 1 aliphatic rings. The fourth-order valence-corrected chi connectivity index (χ4v) is 1.85. The zero-order valence-corrected chi connectivity index (χ0v) is 9.89. The van der Waals surface area contributed by atoms with E-state index in [9.17, 15) is 24.5 Å². The van der Waals surface area contributed by atoms with Crippen molar-refractivity contribution in [1.82, 2.24) is 9.55 Å². The lowest BCUT2D eigenvalue weighted by Crippen LogP contribution is -2.47. The number of hydrogen-bond acceptors (Lipinski definition) is 7. The highest BCUT2D eigenvalue weighted by Gasteiger charge is 2.55. The van der Waals surface area contributed by atoms with Crippen molar-refractivity contribution in [3.63, 3.8) is 0 Å². The van der Waals surface area contributed by atoms with Crippen LogP contribution in [-0.2, 0) is 4.74 Å². The van der Waals surface area contributed by atoms with E-state index in [0.717, 1.165) is 0 Å². The minimum Gasteiger partial charge on any atom is -0.394 e. The van der Waals surface area contributed by atoms with E-state index in [2.05, 4.69) is 4.98 Å². The molecule has 0 aromatic carbocycles. The smallest absolute Gasteiger partial charge is 0.351 e. The largest absolute Gasteiger partial charge is 0.394 e. The normalized spacial score (nSPS) is 35.2. The van der Waals surface area contributed by atoms with Crippen molar-refractivity contribution >= 4 is 5.82 Å². The van der Waals surface area contributed by atoms with E-state index >= 15 is 0 Å². The Morgan fingerprint density at radius 1 is 1.80 bits per heavy atom. The van der Waals surface area contributed by atoms with Gasteiger partial charge < -0.3 is 25.8 Å². The van der Waals surface area contributed by atoms with Crippen LogP contribution in [0, 0.1) is 18.2 Å². The first-order chi connectivity index (χ1) is 10.0. The van der Waals surface area contributed by atoms with Crippen molar-refractivity contribution in [2.24, 2.45) is 0 Å². The Morgan fingerprint density at radius 2 is 2.45 bits per heavy atom. The van der Waals surface area contributed by atoms with Gasteiger partial charge in [0, 0.05) is 0 Å². The second kappa shape index (κ2) is 4.84. The van der Waals surface area contributed by atoms with Crippen LogP contribution >= 0.6 is 0 Å². The monoisotopic (exact) mass is 287 g/mol. The third-order valence-corrected chi connectivity index (χ3v) is 2.93. The lowest BCUT2D eigenvalue weighted by atomic mass is 9.95. The van der Waals surface area contributed by atoms with Crippen LogP contribution in [0.4, 0.5) is 10.2 Å². The van der Waals surface area contributed by atoms with Crippen LogP contribution in [0.5, 0.6) is 0 Å². The van der Waals surface area contributed by atoms with Crippen molar-refractivity contribution in [1.29, 1.82) is 0 Å². The van der Waals surface area contributed by atoms with Crippen LogP contribution in [-0.4, -0.2) is 49.2 Å². The second-order valence-electron chi connectivity index (χ2n) is 4.12. The van der Waals surface area contributed by atoms with Crippen LogP contribution in [0.15, 0.2) is 11.0 Å². The number of nitrogen functional groups attached to an aromatic ring is 1. The molecule has 8 nitrogen and oxygen atoms in total. The van der Waals surface area contributed by atoms with E-state index in [0.29, 0.717) is 10.8 Å². The summed E-state index contributed by atoms with van der Waals surface area (Å²) in [5.74, 6) is -0.0507. The average molecular weight is 287 g/mol. The molecule has 1 aromatic heterocycles. The number of aliphatic hydroxyl groups is 3. The summed E-state index contributed by atoms with van der Waals surface area (Å²) in [5.41, 5.74) is 1.37. The Morgan fingerprint density at radius 3 is 3.00 bits per heavy atom. The predicted molar refractivity (Wildman–Crippen MR) is 63.7 cm³/mol. The number of aromatic nitrogens is 2. The van der Waals surface area contributed by atoms with Crippen molar-refractivity contribution in [3.05, 3.63) is 22.5 Å². The Balaban J connectivity index is 2.58. The summed E-state index contributed by atoms with van der Waals surface area (Å²) < 4.78 is 33.2. The number of nitrogens with two attached hydrogens (primary N) is 1. The van der Waals surface area contributed by atoms with Gasteiger partial charge in [-0.25, -0.2) is 9.18 Å². The van der Waals surface area contributed by atoms with E-state index in [1.165, 1.54) is 0 Å². The molecule has 1 unspecified atom stereocenters. The lowest BCUT2D eigenvalue weighted by Gasteiger charge is -2.26. The van der Waals surface area contributed by atoms with Crippen molar-refractivity contribution in [3.8, 4) is 12.3 Å².